The van der Waals surface area contributed by atoms with E-state index in [1.54, 1.807) is 0 Å². The third kappa shape index (κ3) is 7.93. The first-order chi connectivity index (χ1) is 8.22. The first kappa shape index (κ1) is 17.7. The average Bonchev–Trinajstić information content (AvgIpc) is 2.32. The molecule has 18 heavy (non-hydrogen) atoms. The van der Waals surface area contributed by atoms with Crippen molar-refractivity contribution in [3.05, 3.63) is 0 Å². The molecule has 1 fully saturated rings. The standard InChI is InChI=1S/C14H28N2O.ClH/c1-3-8-15-9-10-16-14(17)11-13-6-4-12(2)5-7-13;/h12-13,15H,3-11H2,1-2H3,(H,16,17);1H. The van der Waals surface area contributed by atoms with Gasteiger partial charge in [0.2, 0.25) is 5.91 Å². The quantitative estimate of drug-likeness (QED) is 0.702. The monoisotopic (exact) mass is 276 g/mol. The van der Waals surface area contributed by atoms with Crippen LogP contribution in [0.1, 0.15) is 52.4 Å². The second-order valence-corrected chi connectivity index (χ2v) is 5.43. The number of hydrogen-bond donors (Lipinski definition) is 2. The average molecular weight is 277 g/mol. The summed E-state index contributed by atoms with van der Waals surface area (Å²) in [6.07, 6.45) is 6.96. The summed E-state index contributed by atoms with van der Waals surface area (Å²) >= 11 is 0. The van der Waals surface area contributed by atoms with Gasteiger partial charge in [-0.1, -0.05) is 26.7 Å². The predicted octanol–water partition coefficient (Wildman–Crippen LogP) is 2.74. The molecule has 0 aromatic heterocycles. The molecule has 0 saturated heterocycles. The minimum atomic E-state index is 0. The molecule has 0 bridgehead atoms. The van der Waals surface area contributed by atoms with Gasteiger partial charge in [-0.3, -0.25) is 4.79 Å². The van der Waals surface area contributed by atoms with E-state index < -0.39 is 0 Å². The van der Waals surface area contributed by atoms with Crippen molar-refractivity contribution in [3.63, 3.8) is 0 Å². The van der Waals surface area contributed by atoms with Gasteiger partial charge in [-0.25, -0.2) is 0 Å². The summed E-state index contributed by atoms with van der Waals surface area (Å²) in [5.41, 5.74) is 0. The highest BCUT2D eigenvalue weighted by Gasteiger charge is 2.20. The molecule has 0 aromatic rings. The zero-order valence-corrected chi connectivity index (χ0v) is 12.7. The Balaban J connectivity index is 0.00000289. The fourth-order valence-corrected chi connectivity index (χ4v) is 2.46. The van der Waals surface area contributed by atoms with Crippen LogP contribution in [0.5, 0.6) is 0 Å². The molecule has 1 amide bonds. The first-order valence-electron chi connectivity index (χ1n) is 7.19. The molecule has 1 aliphatic rings. The molecule has 0 spiro atoms. The fourth-order valence-electron chi connectivity index (χ4n) is 2.46. The van der Waals surface area contributed by atoms with Crippen molar-refractivity contribution in [2.45, 2.75) is 52.4 Å². The van der Waals surface area contributed by atoms with Crippen molar-refractivity contribution in [2.24, 2.45) is 11.8 Å². The molecular formula is C14H29ClN2O. The van der Waals surface area contributed by atoms with Crippen LogP contribution in [-0.2, 0) is 4.79 Å². The Morgan fingerprint density at radius 3 is 2.39 bits per heavy atom. The second kappa shape index (κ2) is 10.6. The largest absolute Gasteiger partial charge is 0.355 e. The van der Waals surface area contributed by atoms with Gasteiger partial charge in [0, 0.05) is 19.5 Å². The van der Waals surface area contributed by atoms with Crippen molar-refractivity contribution in [1.82, 2.24) is 10.6 Å². The molecule has 0 unspecified atom stereocenters. The zero-order valence-electron chi connectivity index (χ0n) is 11.8. The zero-order chi connectivity index (χ0) is 12.5. The number of amides is 1. The summed E-state index contributed by atoms with van der Waals surface area (Å²) in [5, 5.41) is 6.28. The summed E-state index contributed by atoms with van der Waals surface area (Å²) < 4.78 is 0. The van der Waals surface area contributed by atoms with Crippen LogP contribution < -0.4 is 10.6 Å². The second-order valence-electron chi connectivity index (χ2n) is 5.43. The van der Waals surface area contributed by atoms with E-state index in [0.29, 0.717) is 5.92 Å². The van der Waals surface area contributed by atoms with Crippen LogP contribution in [0, 0.1) is 11.8 Å². The minimum absolute atomic E-state index is 0. The highest BCUT2D eigenvalue weighted by molar-refractivity contribution is 5.85. The third-order valence-electron chi connectivity index (χ3n) is 3.66. The summed E-state index contributed by atoms with van der Waals surface area (Å²) in [4.78, 5) is 11.7. The predicted molar refractivity (Wildman–Crippen MR) is 79.2 cm³/mol. The number of hydrogen-bond acceptors (Lipinski definition) is 2. The Morgan fingerprint density at radius 1 is 1.11 bits per heavy atom. The van der Waals surface area contributed by atoms with E-state index in [0.717, 1.165) is 38.4 Å². The van der Waals surface area contributed by atoms with Crippen molar-refractivity contribution in [3.8, 4) is 0 Å². The van der Waals surface area contributed by atoms with Crippen LogP contribution in [0.3, 0.4) is 0 Å². The molecule has 0 aliphatic heterocycles. The van der Waals surface area contributed by atoms with E-state index in [1.165, 1.54) is 25.7 Å². The number of halogens is 1. The highest BCUT2D eigenvalue weighted by atomic mass is 35.5. The van der Waals surface area contributed by atoms with Gasteiger partial charge in [-0.05, 0) is 37.6 Å². The molecule has 0 radical (unpaired) electrons. The lowest BCUT2D eigenvalue weighted by Crippen LogP contribution is -2.33. The SMILES string of the molecule is CCCNCCNC(=O)CC1CCC(C)CC1.Cl. The van der Waals surface area contributed by atoms with Crippen molar-refractivity contribution in [2.75, 3.05) is 19.6 Å². The van der Waals surface area contributed by atoms with Gasteiger partial charge in [-0.2, -0.15) is 0 Å². The minimum Gasteiger partial charge on any atom is -0.355 e. The number of rotatable bonds is 7. The van der Waals surface area contributed by atoms with Gasteiger partial charge in [0.15, 0.2) is 0 Å². The molecule has 0 aromatic carbocycles. The molecule has 1 rings (SSSR count). The summed E-state index contributed by atoms with van der Waals surface area (Å²) in [5.74, 6) is 1.74. The topological polar surface area (TPSA) is 41.1 Å². The van der Waals surface area contributed by atoms with Gasteiger partial charge in [0.05, 0.1) is 0 Å². The van der Waals surface area contributed by atoms with Crippen molar-refractivity contribution < 1.29 is 4.79 Å². The lowest BCUT2D eigenvalue weighted by molar-refractivity contribution is -0.122. The highest BCUT2D eigenvalue weighted by Crippen LogP contribution is 2.30. The molecule has 3 nitrogen and oxygen atoms in total. The lowest BCUT2D eigenvalue weighted by Gasteiger charge is -2.25. The molecule has 2 N–H and O–H groups in total. The Bertz CT molecular complexity index is 216. The molecule has 4 heteroatoms. The van der Waals surface area contributed by atoms with Gasteiger partial charge < -0.3 is 10.6 Å². The molecule has 1 saturated carbocycles. The number of carbonyl (C=O) groups is 1. The molecule has 0 heterocycles. The lowest BCUT2D eigenvalue weighted by atomic mass is 9.81. The van der Waals surface area contributed by atoms with Crippen LogP contribution in [0.4, 0.5) is 0 Å². The van der Waals surface area contributed by atoms with Crippen LogP contribution in [0.25, 0.3) is 0 Å². The smallest absolute Gasteiger partial charge is 0.220 e. The van der Waals surface area contributed by atoms with E-state index in [1.807, 2.05) is 0 Å². The Labute approximate surface area is 118 Å². The van der Waals surface area contributed by atoms with Crippen LogP contribution >= 0.6 is 12.4 Å². The van der Waals surface area contributed by atoms with Crippen LogP contribution in [0.2, 0.25) is 0 Å². The third-order valence-corrected chi connectivity index (χ3v) is 3.66. The summed E-state index contributed by atoms with van der Waals surface area (Å²) in [6.45, 7) is 7.16. The van der Waals surface area contributed by atoms with E-state index >= 15 is 0 Å². The van der Waals surface area contributed by atoms with Crippen LogP contribution in [-0.4, -0.2) is 25.5 Å². The number of carbonyl (C=O) groups excluding carboxylic acids is 1. The molecule has 1 aliphatic carbocycles. The maximum absolute atomic E-state index is 11.7. The maximum atomic E-state index is 11.7. The van der Waals surface area contributed by atoms with Crippen molar-refractivity contribution in [1.29, 1.82) is 0 Å². The molecular weight excluding hydrogens is 248 g/mol. The molecule has 108 valence electrons. The Kier molecular flexibility index (Phi) is 10.5. The normalized spacial score (nSPS) is 23.2. The van der Waals surface area contributed by atoms with E-state index in [2.05, 4.69) is 24.5 Å². The summed E-state index contributed by atoms with van der Waals surface area (Å²) in [7, 11) is 0. The summed E-state index contributed by atoms with van der Waals surface area (Å²) in [6, 6.07) is 0. The van der Waals surface area contributed by atoms with Crippen molar-refractivity contribution >= 4 is 18.3 Å². The molecule has 0 atom stereocenters. The van der Waals surface area contributed by atoms with Crippen LogP contribution in [0.15, 0.2) is 0 Å². The van der Waals surface area contributed by atoms with E-state index in [4.69, 9.17) is 0 Å². The van der Waals surface area contributed by atoms with Gasteiger partial charge in [0.25, 0.3) is 0 Å². The van der Waals surface area contributed by atoms with E-state index in [-0.39, 0.29) is 18.3 Å². The Morgan fingerprint density at radius 2 is 1.78 bits per heavy atom. The van der Waals surface area contributed by atoms with Gasteiger partial charge in [0.1, 0.15) is 0 Å². The van der Waals surface area contributed by atoms with Gasteiger partial charge in [-0.15, -0.1) is 12.4 Å². The van der Waals surface area contributed by atoms with E-state index in [9.17, 15) is 4.79 Å². The Hall–Kier alpha value is -0.280. The first-order valence-corrected chi connectivity index (χ1v) is 7.19. The number of nitrogens with one attached hydrogen (secondary N) is 2. The van der Waals surface area contributed by atoms with Gasteiger partial charge >= 0.3 is 0 Å². The maximum Gasteiger partial charge on any atom is 0.220 e. The fraction of sp³-hybridized carbons (Fsp3) is 0.929.